The number of hydrogen-bond donors (Lipinski definition) is 1. The second-order valence-electron chi connectivity index (χ2n) is 5.15. The van der Waals surface area contributed by atoms with Gasteiger partial charge in [-0.2, -0.15) is 0 Å². The van der Waals surface area contributed by atoms with Crippen molar-refractivity contribution in [1.82, 2.24) is 14.8 Å². The molecule has 1 atom stereocenters. The summed E-state index contributed by atoms with van der Waals surface area (Å²) in [5, 5.41) is 0. The molecule has 1 fully saturated rings. The maximum absolute atomic E-state index is 12.2. The number of nitrogens with zero attached hydrogens (tertiary/aromatic N) is 3. The standard InChI is InChI=1S/C14H22N4O/c1-12(10-15)11-17-6-8-18(9-7-17)14(19)13-4-2-3-5-16-13/h2-5,12H,6-11,15H2,1H3. The summed E-state index contributed by atoms with van der Waals surface area (Å²) in [5.41, 5.74) is 6.17. The summed E-state index contributed by atoms with van der Waals surface area (Å²) in [6.45, 7) is 7.27. The highest BCUT2D eigenvalue weighted by molar-refractivity contribution is 5.92. The maximum Gasteiger partial charge on any atom is 0.272 e. The largest absolute Gasteiger partial charge is 0.335 e. The molecule has 2 rings (SSSR count). The van der Waals surface area contributed by atoms with Gasteiger partial charge in [0.2, 0.25) is 0 Å². The molecule has 104 valence electrons. The van der Waals surface area contributed by atoms with Crippen molar-refractivity contribution in [3.05, 3.63) is 30.1 Å². The van der Waals surface area contributed by atoms with Gasteiger partial charge in [0.1, 0.15) is 5.69 Å². The number of carbonyl (C=O) groups is 1. The second kappa shape index (κ2) is 6.63. The number of nitrogens with two attached hydrogens (primary N) is 1. The Kier molecular flexibility index (Phi) is 4.87. The van der Waals surface area contributed by atoms with Crippen LogP contribution in [-0.4, -0.2) is 60.0 Å². The molecule has 0 spiro atoms. The molecule has 1 aliphatic heterocycles. The molecule has 2 heterocycles. The molecule has 1 aromatic heterocycles. The molecular weight excluding hydrogens is 240 g/mol. The molecule has 0 aromatic carbocycles. The van der Waals surface area contributed by atoms with Gasteiger partial charge in [0.05, 0.1) is 0 Å². The fraction of sp³-hybridized carbons (Fsp3) is 0.571. The summed E-state index contributed by atoms with van der Waals surface area (Å²) in [6, 6.07) is 5.44. The van der Waals surface area contributed by atoms with Crippen LogP contribution in [0, 0.1) is 5.92 Å². The first kappa shape index (κ1) is 14.0. The van der Waals surface area contributed by atoms with Crippen LogP contribution in [0.15, 0.2) is 24.4 Å². The predicted molar refractivity (Wildman–Crippen MR) is 74.8 cm³/mol. The molecule has 0 radical (unpaired) electrons. The minimum Gasteiger partial charge on any atom is -0.335 e. The minimum absolute atomic E-state index is 0.0344. The third kappa shape index (κ3) is 3.75. The Bertz CT molecular complexity index is 401. The van der Waals surface area contributed by atoms with Crippen LogP contribution in [0.1, 0.15) is 17.4 Å². The lowest BCUT2D eigenvalue weighted by molar-refractivity contribution is 0.0616. The lowest BCUT2D eigenvalue weighted by Gasteiger charge is -2.35. The number of hydrogen-bond acceptors (Lipinski definition) is 4. The van der Waals surface area contributed by atoms with Gasteiger partial charge in [-0.3, -0.25) is 14.7 Å². The van der Waals surface area contributed by atoms with Gasteiger partial charge in [-0.05, 0) is 24.6 Å². The Morgan fingerprint density at radius 3 is 2.68 bits per heavy atom. The summed E-state index contributed by atoms with van der Waals surface area (Å²) in [7, 11) is 0. The van der Waals surface area contributed by atoms with Crippen LogP contribution >= 0.6 is 0 Å². The van der Waals surface area contributed by atoms with E-state index in [1.54, 1.807) is 12.3 Å². The molecule has 0 aliphatic carbocycles. The normalized spacial score (nSPS) is 18.3. The molecular formula is C14H22N4O. The molecule has 2 N–H and O–H groups in total. The number of rotatable bonds is 4. The van der Waals surface area contributed by atoms with Crippen molar-refractivity contribution < 1.29 is 4.79 Å². The highest BCUT2D eigenvalue weighted by atomic mass is 16.2. The van der Waals surface area contributed by atoms with E-state index < -0.39 is 0 Å². The van der Waals surface area contributed by atoms with Crippen LogP contribution in [0.2, 0.25) is 0 Å². The fourth-order valence-electron chi connectivity index (χ4n) is 2.30. The molecule has 1 unspecified atom stereocenters. The van der Waals surface area contributed by atoms with Crippen LogP contribution in [0.4, 0.5) is 0 Å². The van der Waals surface area contributed by atoms with E-state index in [1.165, 1.54) is 0 Å². The molecule has 0 bridgehead atoms. The number of piperazine rings is 1. The number of aromatic nitrogens is 1. The van der Waals surface area contributed by atoms with Crippen LogP contribution in [0.5, 0.6) is 0 Å². The van der Waals surface area contributed by atoms with Crippen molar-refractivity contribution in [1.29, 1.82) is 0 Å². The Morgan fingerprint density at radius 2 is 2.11 bits per heavy atom. The van der Waals surface area contributed by atoms with Crippen molar-refractivity contribution in [3.63, 3.8) is 0 Å². The van der Waals surface area contributed by atoms with E-state index in [0.717, 1.165) is 32.7 Å². The highest BCUT2D eigenvalue weighted by Gasteiger charge is 2.23. The van der Waals surface area contributed by atoms with E-state index >= 15 is 0 Å². The van der Waals surface area contributed by atoms with Gasteiger partial charge in [0.15, 0.2) is 0 Å². The zero-order valence-corrected chi connectivity index (χ0v) is 11.5. The fourth-order valence-corrected chi connectivity index (χ4v) is 2.30. The Hall–Kier alpha value is -1.46. The van der Waals surface area contributed by atoms with Crippen LogP contribution in [0.3, 0.4) is 0 Å². The van der Waals surface area contributed by atoms with Gasteiger partial charge < -0.3 is 10.6 Å². The molecule has 1 aromatic rings. The summed E-state index contributed by atoms with van der Waals surface area (Å²) in [6.07, 6.45) is 1.66. The van der Waals surface area contributed by atoms with Gasteiger partial charge >= 0.3 is 0 Å². The van der Waals surface area contributed by atoms with Gasteiger partial charge in [-0.15, -0.1) is 0 Å². The monoisotopic (exact) mass is 262 g/mol. The third-order valence-corrected chi connectivity index (χ3v) is 3.52. The number of pyridine rings is 1. The predicted octanol–water partition coefficient (Wildman–Crippen LogP) is 0.434. The minimum atomic E-state index is 0.0344. The van der Waals surface area contributed by atoms with E-state index in [2.05, 4.69) is 16.8 Å². The second-order valence-corrected chi connectivity index (χ2v) is 5.15. The average Bonchev–Trinajstić information content (AvgIpc) is 2.48. The van der Waals surface area contributed by atoms with Gasteiger partial charge in [-0.25, -0.2) is 0 Å². The summed E-state index contributed by atoms with van der Waals surface area (Å²) in [4.78, 5) is 20.6. The first-order valence-corrected chi connectivity index (χ1v) is 6.83. The van der Waals surface area contributed by atoms with Crippen LogP contribution in [0.25, 0.3) is 0 Å². The third-order valence-electron chi connectivity index (χ3n) is 3.52. The van der Waals surface area contributed by atoms with Gasteiger partial charge in [-0.1, -0.05) is 13.0 Å². The average molecular weight is 262 g/mol. The number of carbonyl (C=O) groups excluding carboxylic acids is 1. The van der Waals surface area contributed by atoms with E-state index in [9.17, 15) is 4.79 Å². The van der Waals surface area contributed by atoms with Crippen molar-refractivity contribution in [2.24, 2.45) is 11.7 Å². The molecule has 5 nitrogen and oxygen atoms in total. The topological polar surface area (TPSA) is 62.5 Å². The summed E-state index contributed by atoms with van der Waals surface area (Å²) >= 11 is 0. The van der Waals surface area contributed by atoms with Gasteiger partial charge in [0.25, 0.3) is 5.91 Å². The summed E-state index contributed by atoms with van der Waals surface area (Å²) < 4.78 is 0. The quantitative estimate of drug-likeness (QED) is 0.855. The van der Waals surface area contributed by atoms with Crippen molar-refractivity contribution in [2.75, 3.05) is 39.3 Å². The Balaban J connectivity index is 1.85. The molecule has 1 aliphatic rings. The van der Waals surface area contributed by atoms with E-state index in [0.29, 0.717) is 18.2 Å². The molecule has 1 saturated heterocycles. The maximum atomic E-state index is 12.2. The van der Waals surface area contributed by atoms with Crippen LogP contribution < -0.4 is 5.73 Å². The number of amides is 1. The lowest BCUT2D eigenvalue weighted by Crippen LogP contribution is -2.50. The van der Waals surface area contributed by atoms with E-state index in [-0.39, 0.29) is 5.91 Å². The Labute approximate surface area is 114 Å². The summed E-state index contributed by atoms with van der Waals surface area (Å²) in [5.74, 6) is 0.546. The van der Waals surface area contributed by atoms with E-state index in [4.69, 9.17) is 5.73 Å². The molecule has 19 heavy (non-hydrogen) atoms. The van der Waals surface area contributed by atoms with Crippen LogP contribution in [-0.2, 0) is 0 Å². The van der Waals surface area contributed by atoms with Crippen molar-refractivity contribution >= 4 is 5.91 Å². The molecule has 0 saturated carbocycles. The SMILES string of the molecule is CC(CN)CN1CCN(C(=O)c2ccccn2)CC1. The van der Waals surface area contributed by atoms with Gasteiger partial charge in [0, 0.05) is 38.9 Å². The zero-order chi connectivity index (χ0) is 13.7. The first-order valence-electron chi connectivity index (χ1n) is 6.83. The highest BCUT2D eigenvalue weighted by Crippen LogP contribution is 2.08. The first-order chi connectivity index (χ1) is 9.20. The van der Waals surface area contributed by atoms with Crippen molar-refractivity contribution in [2.45, 2.75) is 6.92 Å². The lowest BCUT2D eigenvalue weighted by atomic mass is 10.1. The van der Waals surface area contributed by atoms with Crippen molar-refractivity contribution in [3.8, 4) is 0 Å². The Morgan fingerprint density at radius 1 is 1.37 bits per heavy atom. The molecule has 1 amide bonds. The molecule has 5 heteroatoms. The van der Waals surface area contributed by atoms with E-state index in [1.807, 2.05) is 17.0 Å². The smallest absolute Gasteiger partial charge is 0.272 e. The zero-order valence-electron chi connectivity index (χ0n) is 11.5.